The number of ether oxygens (including phenoxy) is 2. The Kier molecular flexibility index (Phi) is 6.51. The van der Waals surface area contributed by atoms with Crippen LogP contribution in [0.2, 0.25) is 0 Å². The van der Waals surface area contributed by atoms with Crippen molar-refractivity contribution in [3.8, 4) is 5.75 Å². The number of rotatable bonds is 9. The van der Waals surface area contributed by atoms with Crippen LogP contribution in [-0.2, 0) is 4.74 Å². The molecule has 0 saturated heterocycles. The van der Waals surface area contributed by atoms with Gasteiger partial charge in [0.05, 0.1) is 0 Å². The first-order valence-corrected chi connectivity index (χ1v) is 7.74. The zero-order valence-corrected chi connectivity index (χ0v) is 13.0. The van der Waals surface area contributed by atoms with Crippen molar-refractivity contribution < 1.29 is 9.47 Å². The van der Waals surface area contributed by atoms with Crippen molar-refractivity contribution in [2.45, 2.75) is 26.4 Å². The number of nitrogens with one attached hydrogen (secondary N) is 1. The van der Waals surface area contributed by atoms with E-state index in [0.29, 0.717) is 0 Å². The molecule has 3 nitrogen and oxygen atoms in total. The molecular weight excluding hydrogens is 262 g/mol. The number of hydrogen-bond donors (Lipinski definition) is 1. The van der Waals surface area contributed by atoms with Crippen molar-refractivity contribution in [2.24, 2.45) is 0 Å². The number of benzene rings is 2. The summed E-state index contributed by atoms with van der Waals surface area (Å²) < 4.78 is 11.4. The molecule has 0 aliphatic carbocycles. The number of hydrogen-bond acceptors (Lipinski definition) is 3. The molecule has 1 atom stereocenters. The lowest BCUT2D eigenvalue weighted by Gasteiger charge is -2.17. The summed E-state index contributed by atoms with van der Waals surface area (Å²) in [5, 5.41) is 5.79. The molecule has 0 bridgehead atoms. The summed E-state index contributed by atoms with van der Waals surface area (Å²) in [4.78, 5) is 0. The van der Waals surface area contributed by atoms with Gasteiger partial charge in [0.1, 0.15) is 11.9 Å². The minimum absolute atomic E-state index is 0.142. The second-order valence-corrected chi connectivity index (χ2v) is 5.16. The highest BCUT2D eigenvalue weighted by atomic mass is 16.5. The third-order valence-corrected chi connectivity index (χ3v) is 3.36. The molecule has 0 aromatic heterocycles. The summed E-state index contributed by atoms with van der Waals surface area (Å²) >= 11 is 0. The molecule has 0 aliphatic heterocycles. The third kappa shape index (κ3) is 5.03. The molecule has 1 unspecified atom stereocenters. The molecule has 0 aliphatic rings. The Bertz CT molecular complexity index is 536. The first kappa shape index (κ1) is 15.8. The summed E-state index contributed by atoms with van der Waals surface area (Å²) in [6.45, 7) is 7.53. The van der Waals surface area contributed by atoms with E-state index >= 15 is 0 Å². The van der Waals surface area contributed by atoms with Crippen molar-refractivity contribution in [3.63, 3.8) is 0 Å². The topological polar surface area (TPSA) is 30.5 Å². The predicted molar refractivity (Wildman–Crippen MR) is 88.0 cm³/mol. The Hall–Kier alpha value is -1.58. The van der Waals surface area contributed by atoms with Gasteiger partial charge in [-0.1, -0.05) is 36.4 Å². The van der Waals surface area contributed by atoms with Crippen molar-refractivity contribution in [2.75, 3.05) is 26.3 Å². The van der Waals surface area contributed by atoms with Crippen molar-refractivity contribution >= 4 is 10.8 Å². The summed E-state index contributed by atoms with van der Waals surface area (Å²) in [5.74, 6) is 0.955. The molecule has 114 valence electrons. The van der Waals surface area contributed by atoms with E-state index in [4.69, 9.17) is 9.47 Å². The van der Waals surface area contributed by atoms with Gasteiger partial charge in [0.25, 0.3) is 0 Å². The largest absolute Gasteiger partial charge is 0.489 e. The summed E-state index contributed by atoms with van der Waals surface area (Å²) in [5.41, 5.74) is 0. The van der Waals surface area contributed by atoms with Crippen LogP contribution in [0.4, 0.5) is 0 Å². The van der Waals surface area contributed by atoms with E-state index in [1.807, 2.05) is 25.1 Å². The van der Waals surface area contributed by atoms with Gasteiger partial charge < -0.3 is 14.8 Å². The van der Waals surface area contributed by atoms with E-state index in [0.717, 1.165) is 38.5 Å². The van der Waals surface area contributed by atoms with Crippen molar-refractivity contribution in [1.82, 2.24) is 5.32 Å². The fourth-order valence-corrected chi connectivity index (χ4v) is 2.31. The van der Waals surface area contributed by atoms with Crippen LogP contribution >= 0.6 is 0 Å². The summed E-state index contributed by atoms with van der Waals surface area (Å²) in [6.07, 6.45) is 1.18. The standard InChI is InChI=1S/C18H25NO2/c1-3-20-13-7-12-19-14-15(2)21-18-11-6-9-16-8-4-5-10-17(16)18/h4-6,8-11,15,19H,3,7,12-14H2,1-2H3. The predicted octanol–water partition coefficient (Wildman–Crippen LogP) is 3.62. The van der Waals surface area contributed by atoms with Crippen LogP contribution in [-0.4, -0.2) is 32.4 Å². The van der Waals surface area contributed by atoms with E-state index in [9.17, 15) is 0 Å². The van der Waals surface area contributed by atoms with Crippen LogP contribution in [0, 0.1) is 0 Å². The summed E-state index contributed by atoms with van der Waals surface area (Å²) in [6, 6.07) is 14.5. The maximum Gasteiger partial charge on any atom is 0.127 e. The average Bonchev–Trinajstić information content (AvgIpc) is 2.51. The Balaban J connectivity index is 1.80. The van der Waals surface area contributed by atoms with Crippen LogP contribution in [0.3, 0.4) is 0 Å². The first-order chi connectivity index (χ1) is 10.3. The third-order valence-electron chi connectivity index (χ3n) is 3.36. The molecule has 1 N–H and O–H groups in total. The van der Waals surface area contributed by atoms with E-state index in [1.165, 1.54) is 10.8 Å². The van der Waals surface area contributed by atoms with Gasteiger partial charge in [-0.25, -0.2) is 0 Å². The lowest BCUT2D eigenvalue weighted by atomic mass is 10.1. The van der Waals surface area contributed by atoms with E-state index in [-0.39, 0.29) is 6.10 Å². The molecule has 0 fully saturated rings. The molecule has 2 aromatic carbocycles. The van der Waals surface area contributed by atoms with E-state index in [2.05, 4.69) is 36.5 Å². The normalized spacial score (nSPS) is 12.5. The minimum atomic E-state index is 0.142. The molecule has 2 rings (SSSR count). The van der Waals surface area contributed by atoms with E-state index in [1.54, 1.807) is 0 Å². The Labute approximate surface area is 127 Å². The fraction of sp³-hybridized carbons (Fsp3) is 0.444. The van der Waals surface area contributed by atoms with Crippen LogP contribution in [0.1, 0.15) is 20.3 Å². The van der Waals surface area contributed by atoms with Crippen LogP contribution in [0.25, 0.3) is 10.8 Å². The van der Waals surface area contributed by atoms with Gasteiger partial charge in [-0.3, -0.25) is 0 Å². The molecule has 3 heteroatoms. The van der Waals surface area contributed by atoms with Gasteiger partial charge in [-0.15, -0.1) is 0 Å². The van der Waals surface area contributed by atoms with Crippen LogP contribution < -0.4 is 10.1 Å². The quantitative estimate of drug-likeness (QED) is 0.715. The van der Waals surface area contributed by atoms with E-state index < -0.39 is 0 Å². The first-order valence-electron chi connectivity index (χ1n) is 7.74. The molecule has 0 spiro atoms. The van der Waals surface area contributed by atoms with Gasteiger partial charge in [0.15, 0.2) is 0 Å². The Morgan fingerprint density at radius 2 is 1.90 bits per heavy atom. The molecule has 0 heterocycles. The summed E-state index contributed by atoms with van der Waals surface area (Å²) in [7, 11) is 0. The lowest BCUT2D eigenvalue weighted by molar-refractivity contribution is 0.143. The van der Waals surface area contributed by atoms with Crippen molar-refractivity contribution in [3.05, 3.63) is 42.5 Å². The SMILES string of the molecule is CCOCCCNCC(C)Oc1cccc2ccccc12. The number of fused-ring (bicyclic) bond motifs is 1. The zero-order valence-electron chi connectivity index (χ0n) is 13.0. The Morgan fingerprint density at radius 3 is 2.76 bits per heavy atom. The maximum atomic E-state index is 6.06. The highest BCUT2D eigenvalue weighted by Crippen LogP contribution is 2.25. The zero-order chi connectivity index (χ0) is 14.9. The fourth-order valence-electron chi connectivity index (χ4n) is 2.31. The second-order valence-electron chi connectivity index (χ2n) is 5.16. The Morgan fingerprint density at radius 1 is 1.10 bits per heavy atom. The van der Waals surface area contributed by atoms with Gasteiger partial charge in [-0.05, 0) is 38.3 Å². The van der Waals surface area contributed by atoms with Gasteiger partial charge >= 0.3 is 0 Å². The lowest BCUT2D eigenvalue weighted by Crippen LogP contribution is -2.30. The highest BCUT2D eigenvalue weighted by molar-refractivity contribution is 5.88. The average molecular weight is 287 g/mol. The van der Waals surface area contributed by atoms with Gasteiger partial charge in [0.2, 0.25) is 0 Å². The van der Waals surface area contributed by atoms with Gasteiger partial charge in [-0.2, -0.15) is 0 Å². The molecule has 2 aromatic rings. The monoisotopic (exact) mass is 287 g/mol. The van der Waals surface area contributed by atoms with Crippen LogP contribution in [0.15, 0.2) is 42.5 Å². The van der Waals surface area contributed by atoms with Crippen LogP contribution in [0.5, 0.6) is 5.75 Å². The second kappa shape index (κ2) is 8.65. The highest BCUT2D eigenvalue weighted by Gasteiger charge is 2.06. The molecule has 0 saturated carbocycles. The van der Waals surface area contributed by atoms with Crippen molar-refractivity contribution in [1.29, 1.82) is 0 Å². The van der Waals surface area contributed by atoms with Gasteiger partial charge in [0, 0.05) is 25.1 Å². The smallest absolute Gasteiger partial charge is 0.127 e. The molecule has 0 radical (unpaired) electrons. The minimum Gasteiger partial charge on any atom is -0.489 e. The molecule has 0 amide bonds. The maximum absolute atomic E-state index is 6.06. The molecular formula is C18H25NO2. The molecule has 21 heavy (non-hydrogen) atoms.